The van der Waals surface area contributed by atoms with Crippen molar-refractivity contribution in [1.29, 1.82) is 0 Å². The average Bonchev–Trinajstić information content (AvgIpc) is 3.22. The molecule has 3 heterocycles. The van der Waals surface area contributed by atoms with Crippen molar-refractivity contribution in [3.8, 4) is 5.95 Å². The van der Waals surface area contributed by atoms with Gasteiger partial charge in [-0.1, -0.05) is 12.8 Å². The van der Waals surface area contributed by atoms with Gasteiger partial charge in [0.25, 0.3) is 0 Å². The summed E-state index contributed by atoms with van der Waals surface area (Å²) in [6.45, 7) is 0.385. The molecule has 2 aromatic rings. The molecule has 7 nitrogen and oxygen atoms in total. The Kier molecular flexibility index (Phi) is 3.56. The molecule has 0 bridgehead atoms. The van der Waals surface area contributed by atoms with Gasteiger partial charge in [0.05, 0.1) is 12.7 Å². The Labute approximate surface area is 142 Å². The monoisotopic (exact) mass is 376 g/mol. The Hall–Kier alpha value is -1.96. The highest BCUT2D eigenvalue weighted by molar-refractivity contribution is 9.10. The first-order chi connectivity index (χ1) is 11.1. The zero-order valence-electron chi connectivity index (χ0n) is 12.8. The van der Waals surface area contributed by atoms with Crippen molar-refractivity contribution < 1.29 is 4.79 Å². The van der Waals surface area contributed by atoms with Crippen LogP contribution in [-0.2, 0) is 4.79 Å². The van der Waals surface area contributed by atoms with E-state index in [2.05, 4.69) is 30.8 Å². The molecule has 0 radical (unpaired) electrons. The van der Waals surface area contributed by atoms with Gasteiger partial charge in [-0.25, -0.2) is 9.97 Å². The summed E-state index contributed by atoms with van der Waals surface area (Å²) in [5, 5.41) is 0. The van der Waals surface area contributed by atoms with E-state index >= 15 is 0 Å². The van der Waals surface area contributed by atoms with Gasteiger partial charge in [0.15, 0.2) is 10.6 Å². The van der Waals surface area contributed by atoms with Gasteiger partial charge in [0.2, 0.25) is 11.9 Å². The minimum atomic E-state index is 0.0876. The fraction of sp³-hybridized carbons (Fsp3) is 0.467. The van der Waals surface area contributed by atoms with Crippen LogP contribution in [0.1, 0.15) is 25.7 Å². The summed E-state index contributed by atoms with van der Waals surface area (Å²) in [7, 11) is 1.78. The minimum absolute atomic E-state index is 0.0876. The van der Waals surface area contributed by atoms with Gasteiger partial charge < -0.3 is 9.80 Å². The number of likely N-dealkylation sites (N-methyl/N-ethyl adjacent to an activating group) is 1. The van der Waals surface area contributed by atoms with Crippen LogP contribution in [0.3, 0.4) is 0 Å². The standard InChI is InChI=1S/C15H17BrN6O/c1-20-11-8-18-15(21-7-6-17-14(21)16)19-13(11)22(9-12(20)23)10-4-2-3-5-10/h6-8,10H,2-5,9H2,1H3. The molecule has 0 atom stereocenters. The second kappa shape index (κ2) is 5.59. The highest BCUT2D eigenvalue weighted by atomic mass is 79.9. The topological polar surface area (TPSA) is 67.2 Å². The lowest BCUT2D eigenvalue weighted by molar-refractivity contribution is -0.117. The number of hydrogen-bond acceptors (Lipinski definition) is 5. The molecule has 0 aromatic carbocycles. The first-order valence-electron chi connectivity index (χ1n) is 7.74. The van der Waals surface area contributed by atoms with Crippen LogP contribution in [0.2, 0.25) is 0 Å². The van der Waals surface area contributed by atoms with E-state index in [9.17, 15) is 4.79 Å². The number of carbonyl (C=O) groups excluding carboxylic acids is 1. The number of nitrogens with zero attached hydrogens (tertiary/aromatic N) is 6. The molecular formula is C15H17BrN6O. The third kappa shape index (κ3) is 2.41. The fourth-order valence-corrected chi connectivity index (χ4v) is 3.73. The Bertz CT molecular complexity index is 754. The Balaban J connectivity index is 1.81. The number of carbonyl (C=O) groups is 1. The first kappa shape index (κ1) is 14.6. The predicted molar refractivity (Wildman–Crippen MR) is 89.9 cm³/mol. The van der Waals surface area contributed by atoms with Crippen molar-refractivity contribution in [3.63, 3.8) is 0 Å². The van der Waals surface area contributed by atoms with Crippen molar-refractivity contribution in [2.24, 2.45) is 0 Å². The number of rotatable bonds is 2. The molecule has 1 aliphatic carbocycles. The molecule has 120 valence electrons. The van der Waals surface area contributed by atoms with Gasteiger partial charge >= 0.3 is 0 Å². The van der Waals surface area contributed by atoms with Crippen LogP contribution in [0, 0.1) is 0 Å². The van der Waals surface area contributed by atoms with Crippen LogP contribution in [0.15, 0.2) is 23.3 Å². The molecule has 8 heteroatoms. The SMILES string of the molecule is CN1C(=O)CN(C2CCCC2)c2nc(-n3ccnc3Br)ncc21. The normalized spacial score (nSPS) is 18.6. The molecule has 1 fully saturated rings. The van der Waals surface area contributed by atoms with Crippen LogP contribution in [0.5, 0.6) is 0 Å². The molecule has 1 saturated carbocycles. The van der Waals surface area contributed by atoms with Crippen LogP contribution in [-0.4, -0.2) is 45.1 Å². The van der Waals surface area contributed by atoms with E-state index in [-0.39, 0.29) is 5.91 Å². The maximum atomic E-state index is 12.3. The van der Waals surface area contributed by atoms with Gasteiger partial charge in [0, 0.05) is 25.5 Å². The molecule has 2 aliphatic rings. The van der Waals surface area contributed by atoms with Crippen molar-refractivity contribution in [3.05, 3.63) is 23.3 Å². The van der Waals surface area contributed by atoms with Crippen molar-refractivity contribution in [2.75, 3.05) is 23.4 Å². The average molecular weight is 377 g/mol. The molecule has 1 aliphatic heterocycles. The van der Waals surface area contributed by atoms with E-state index in [1.54, 1.807) is 28.9 Å². The number of hydrogen-bond donors (Lipinski definition) is 0. The number of amides is 1. The highest BCUT2D eigenvalue weighted by Crippen LogP contribution is 2.36. The lowest BCUT2D eigenvalue weighted by atomic mass is 10.1. The van der Waals surface area contributed by atoms with Gasteiger partial charge in [-0.15, -0.1) is 0 Å². The number of aromatic nitrogens is 4. The van der Waals surface area contributed by atoms with Crippen LogP contribution in [0.4, 0.5) is 11.5 Å². The van der Waals surface area contributed by atoms with Crippen LogP contribution in [0.25, 0.3) is 5.95 Å². The molecule has 2 aromatic heterocycles. The second-order valence-corrected chi connectivity index (χ2v) is 6.67. The lowest BCUT2D eigenvalue weighted by Crippen LogP contribution is -2.48. The van der Waals surface area contributed by atoms with Gasteiger partial charge in [-0.3, -0.25) is 9.36 Å². The zero-order chi connectivity index (χ0) is 16.0. The van der Waals surface area contributed by atoms with E-state index in [1.165, 1.54) is 12.8 Å². The summed E-state index contributed by atoms with van der Waals surface area (Å²) >= 11 is 3.40. The number of fused-ring (bicyclic) bond motifs is 1. The molecule has 0 unspecified atom stereocenters. The summed E-state index contributed by atoms with van der Waals surface area (Å²) in [4.78, 5) is 29.4. The molecule has 4 rings (SSSR count). The second-order valence-electron chi connectivity index (χ2n) is 5.96. The van der Waals surface area contributed by atoms with Crippen molar-refractivity contribution in [2.45, 2.75) is 31.7 Å². The summed E-state index contributed by atoms with van der Waals surface area (Å²) in [6, 6.07) is 0.389. The number of anilines is 2. The van der Waals surface area contributed by atoms with E-state index < -0.39 is 0 Å². The maximum Gasteiger partial charge on any atom is 0.246 e. The first-order valence-corrected chi connectivity index (χ1v) is 8.54. The molecular weight excluding hydrogens is 360 g/mol. The Morgan fingerprint density at radius 3 is 2.74 bits per heavy atom. The molecule has 0 N–H and O–H groups in total. The fourth-order valence-electron chi connectivity index (χ4n) is 3.33. The number of imidazole rings is 1. The summed E-state index contributed by atoms with van der Waals surface area (Å²) in [6.07, 6.45) is 9.88. The van der Waals surface area contributed by atoms with Crippen LogP contribution >= 0.6 is 15.9 Å². The van der Waals surface area contributed by atoms with E-state index in [1.807, 2.05) is 6.20 Å². The molecule has 1 amide bonds. The minimum Gasteiger partial charge on any atom is -0.342 e. The highest BCUT2D eigenvalue weighted by Gasteiger charge is 2.34. The molecule has 0 spiro atoms. The smallest absolute Gasteiger partial charge is 0.246 e. The predicted octanol–water partition coefficient (Wildman–Crippen LogP) is 2.15. The Morgan fingerprint density at radius 2 is 2.04 bits per heavy atom. The maximum absolute atomic E-state index is 12.3. The van der Waals surface area contributed by atoms with Gasteiger partial charge in [-0.05, 0) is 28.8 Å². The largest absolute Gasteiger partial charge is 0.342 e. The zero-order valence-corrected chi connectivity index (χ0v) is 14.4. The van der Waals surface area contributed by atoms with E-state index in [4.69, 9.17) is 4.98 Å². The molecule has 0 saturated heterocycles. The third-order valence-electron chi connectivity index (χ3n) is 4.63. The number of halogens is 1. The lowest BCUT2D eigenvalue weighted by Gasteiger charge is -2.37. The quantitative estimate of drug-likeness (QED) is 0.803. The van der Waals surface area contributed by atoms with Crippen molar-refractivity contribution >= 4 is 33.3 Å². The van der Waals surface area contributed by atoms with E-state index in [0.29, 0.717) is 23.3 Å². The van der Waals surface area contributed by atoms with Gasteiger partial charge in [-0.2, -0.15) is 4.98 Å². The summed E-state index contributed by atoms with van der Waals surface area (Å²) < 4.78 is 2.44. The van der Waals surface area contributed by atoms with Gasteiger partial charge in [0.1, 0.15) is 5.69 Å². The van der Waals surface area contributed by atoms with Crippen LogP contribution < -0.4 is 9.80 Å². The summed E-state index contributed by atoms with van der Waals surface area (Å²) in [5.74, 6) is 1.48. The molecule has 23 heavy (non-hydrogen) atoms. The summed E-state index contributed by atoms with van der Waals surface area (Å²) in [5.41, 5.74) is 0.771. The van der Waals surface area contributed by atoms with Crippen molar-refractivity contribution in [1.82, 2.24) is 19.5 Å². The Morgan fingerprint density at radius 1 is 1.26 bits per heavy atom. The van der Waals surface area contributed by atoms with E-state index in [0.717, 1.165) is 24.3 Å². The third-order valence-corrected chi connectivity index (χ3v) is 5.21.